The lowest BCUT2D eigenvalue weighted by Gasteiger charge is -2.36. The Morgan fingerprint density at radius 3 is 2.47 bits per heavy atom. The Bertz CT molecular complexity index is 546. The Labute approximate surface area is 114 Å². The van der Waals surface area contributed by atoms with Crippen LogP contribution in [0.2, 0.25) is 0 Å². The molecule has 4 nitrogen and oxygen atoms in total. The monoisotopic (exact) mass is 284 g/mol. The SMILES string of the molecule is Cc1cccc(C(CO)(CO)C2CCS(=O)(=O)C2)c1. The van der Waals surface area contributed by atoms with Crippen LogP contribution in [0.15, 0.2) is 24.3 Å². The van der Waals surface area contributed by atoms with Crippen molar-refractivity contribution in [3.05, 3.63) is 35.4 Å². The van der Waals surface area contributed by atoms with Gasteiger partial charge in [0.25, 0.3) is 0 Å². The maximum Gasteiger partial charge on any atom is 0.150 e. The van der Waals surface area contributed by atoms with E-state index in [9.17, 15) is 18.6 Å². The Hall–Kier alpha value is -0.910. The maximum absolute atomic E-state index is 11.7. The van der Waals surface area contributed by atoms with E-state index in [1.165, 1.54) is 0 Å². The van der Waals surface area contributed by atoms with E-state index in [0.717, 1.165) is 11.1 Å². The van der Waals surface area contributed by atoms with Gasteiger partial charge in [0, 0.05) is 5.41 Å². The molecule has 1 fully saturated rings. The maximum atomic E-state index is 11.7. The van der Waals surface area contributed by atoms with Crippen molar-refractivity contribution in [3.63, 3.8) is 0 Å². The fourth-order valence-electron chi connectivity index (χ4n) is 2.91. The van der Waals surface area contributed by atoms with Crippen LogP contribution < -0.4 is 0 Å². The van der Waals surface area contributed by atoms with Gasteiger partial charge >= 0.3 is 0 Å². The van der Waals surface area contributed by atoms with Crippen molar-refractivity contribution in [2.45, 2.75) is 18.8 Å². The predicted octanol–water partition coefficient (Wildman–Crippen LogP) is 0.652. The molecule has 0 saturated carbocycles. The molecule has 5 heteroatoms. The molecule has 0 amide bonds. The average molecular weight is 284 g/mol. The number of aliphatic hydroxyl groups is 2. The lowest BCUT2D eigenvalue weighted by Crippen LogP contribution is -2.43. The van der Waals surface area contributed by atoms with Crippen LogP contribution >= 0.6 is 0 Å². The van der Waals surface area contributed by atoms with Gasteiger partial charge < -0.3 is 10.2 Å². The smallest absolute Gasteiger partial charge is 0.150 e. The van der Waals surface area contributed by atoms with Gasteiger partial charge in [-0.1, -0.05) is 29.8 Å². The summed E-state index contributed by atoms with van der Waals surface area (Å²) >= 11 is 0. The Morgan fingerprint density at radius 2 is 2.00 bits per heavy atom. The summed E-state index contributed by atoms with van der Waals surface area (Å²) in [6, 6.07) is 7.57. The molecule has 1 atom stereocenters. The van der Waals surface area contributed by atoms with E-state index in [4.69, 9.17) is 0 Å². The third kappa shape index (κ3) is 2.68. The van der Waals surface area contributed by atoms with Gasteiger partial charge in [-0.25, -0.2) is 8.42 Å². The summed E-state index contributed by atoms with van der Waals surface area (Å²) in [6.45, 7) is 1.45. The molecule has 0 aromatic heterocycles. The van der Waals surface area contributed by atoms with Gasteiger partial charge in [0.15, 0.2) is 9.84 Å². The molecule has 0 spiro atoms. The molecule has 1 aromatic carbocycles. The van der Waals surface area contributed by atoms with Crippen molar-refractivity contribution >= 4 is 9.84 Å². The van der Waals surface area contributed by atoms with Gasteiger partial charge in [-0.2, -0.15) is 0 Å². The minimum atomic E-state index is -3.04. The van der Waals surface area contributed by atoms with Gasteiger partial charge in [0.1, 0.15) is 0 Å². The standard InChI is InChI=1S/C14H20O4S/c1-11-3-2-4-12(7-11)14(9-15,10-16)13-5-6-19(17,18)8-13/h2-4,7,13,15-16H,5-6,8-10H2,1H3. The van der Waals surface area contributed by atoms with Gasteiger partial charge in [-0.15, -0.1) is 0 Å². The fourth-order valence-corrected chi connectivity index (χ4v) is 4.82. The van der Waals surface area contributed by atoms with Gasteiger partial charge in [-0.3, -0.25) is 0 Å². The highest BCUT2D eigenvalue weighted by Crippen LogP contribution is 2.38. The quantitative estimate of drug-likeness (QED) is 0.851. The zero-order valence-electron chi connectivity index (χ0n) is 11.0. The van der Waals surface area contributed by atoms with E-state index in [0.29, 0.717) is 6.42 Å². The Kier molecular flexibility index (Phi) is 3.99. The highest BCUT2D eigenvalue weighted by atomic mass is 32.2. The molecule has 1 heterocycles. The first kappa shape index (κ1) is 14.5. The molecule has 0 radical (unpaired) electrons. The van der Waals surface area contributed by atoms with Crippen molar-refractivity contribution in [1.29, 1.82) is 0 Å². The van der Waals surface area contributed by atoms with Crippen molar-refractivity contribution < 1.29 is 18.6 Å². The van der Waals surface area contributed by atoms with Crippen LogP contribution in [0, 0.1) is 12.8 Å². The normalized spacial score (nSPS) is 22.6. The molecule has 106 valence electrons. The minimum Gasteiger partial charge on any atom is -0.395 e. The summed E-state index contributed by atoms with van der Waals surface area (Å²) in [5.74, 6) is -0.0397. The summed E-state index contributed by atoms with van der Waals surface area (Å²) in [7, 11) is -3.04. The van der Waals surface area contributed by atoms with Crippen molar-refractivity contribution in [1.82, 2.24) is 0 Å². The van der Waals surface area contributed by atoms with E-state index in [1.807, 2.05) is 31.2 Å². The summed E-state index contributed by atoms with van der Waals surface area (Å²) in [5, 5.41) is 19.6. The van der Waals surface area contributed by atoms with E-state index in [-0.39, 0.29) is 30.6 Å². The number of benzene rings is 1. The number of aryl methyl sites for hydroxylation is 1. The third-order valence-electron chi connectivity index (χ3n) is 4.17. The first-order chi connectivity index (χ1) is 8.93. The number of rotatable bonds is 4. The van der Waals surface area contributed by atoms with Crippen LogP contribution in [0.25, 0.3) is 0 Å². The second kappa shape index (κ2) is 5.23. The molecular weight excluding hydrogens is 264 g/mol. The van der Waals surface area contributed by atoms with Crippen LogP contribution in [-0.2, 0) is 15.3 Å². The molecule has 1 unspecified atom stereocenters. The fraction of sp³-hybridized carbons (Fsp3) is 0.571. The molecular formula is C14H20O4S. The van der Waals surface area contributed by atoms with E-state index >= 15 is 0 Å². The lowest BCUT2D eigenvalue weighted by molar-refractivity contribution is 0.0774. The van der Waals surface area contributed by atoms with Crippen LogP contribution in [0.3, 0.4) is 0 Å². The van der Waals surface area contributed by atoms with Gasteiger partial charge in [0.05, 0.1) is 24.7 Å². The highest BCUT2D eigenvalue weighted by molar-refractivity contribution is 7.91. The topological polar surface area (TPSA) is 74.6 Å². The molecule has 1 saturated heterocycles. The van der Waals surface area contributed by atoms with Crippen LogP contribution in [0.5, 0.6) is 0 Å². The molecule has 19 heavy (non-hydrogen) atoms. The number of sulfone groups is 1. The summed E-state index contributed by atoms with van der Waals surface area (Å²) in [4.78, 5) is 0. The van der Waals surface area contributed by atoms with Gasteiger partial charge in [-0.05, 0) is 24.8 Å². The number of hydrogen-bond donors (Lipinski definition) is 2. The van der Waals surface area contributed by atoms with Crippen molar-refractivity contribution in [2.24, 2.45) is 5.92 Å². The van der Waals surface area contributed by atoms with Crippen molar-refractivity contribution in [2.75, 3.05) is 24.7 Å². The van der Waals surface area contributed by atoms with E-state index in [2.05, 4.69) is 0 Å². The second-order valence-corrected chi connectivity index (χ2v) is 7.67. The van der Waals surface area contributed by atoms with Crippen LogP contribution in [-0.4, -0.2) is 43.4 Å². The lowest BCUT2D eigenvalue weighted by atomic mass is 9.71. The number of aliphatic hydroxyl groups excluding tert-OH is 2. The highest BCUT2D eigenvalue weighted by Gasteiger charge is 2.45. The van der Waals surface area contributed by atoms with Gasteiger partial charge in [0.2, 0.25) is 0 Å². The van der Waals surface area contributed by atoms with E-state index < -0.39 is 15.3 Å². The second-order valence-electron chi connectivity index (χ2n) is 5.44. The summed E-state index contributed by atoms with van der Waals surface area (Å²) < 4.78 is 23.3. The minimum absolute atomic E-state index is 0.0437. The molecule has 0 bridgehead atoms. The number of hydrogen-bond acceptors (Lipinski definition) is 4. The first-order valence-corrected chi connectivity index (χ1v) is 8.25. The largest absolute Gasteiger partial charge is 0.395 e. The Balaban J connectivity index is 2.43. The zero-order valence-corrected chi connectivity index (χ0v) is 11.9. The molecule has 1 aliphatic rings. The van der Waals surface area contributed by atoms with Crippen molar-refractivity contribution in [3.8, 4) is 0 Å². The summed E-state index contributed by atoms with van der Waals surface area (Å²) in [6.07, 6.45) is 0.497. The molecule has 1 aromatic rings. The molecule has 2 N–H and O–H groups in total. The van der Waals surface area contributed by atoms with Crippen LogP contribution in [0.4, 0.5) is 0 Å². The molecule has 1 aliphatic heterocycles. The first-order valence-electron chi connectivity index (χ1n) is 6.43. The van der Waals surface area contributed by atoms with Crippen LogP contribution in [0.1, 0.15) is 17.5 Å². The predicted molar refractivity (Wildman–Crippen MR) is 73.8 cm³/mol. The summed E-state index contributed by atoms with van der Waals surface area (Å²) in [5.41, 5.74) is 0.986. The Morgan fingerprint density at radius 1 is 1.32 bits per heavy atom. The van der Waals surface area contributed by atoms with E-state index in [1.54, 1.807) is 0 Å². The molecule has 2 rings (SSSR count). The average Bonchev–Trinajstić information content (AvgIpc) is 2.73. The zero-order chi connectivity index (χ0) is 14.1. The third-order valence-corrected chi connectivity index (χ3v) is 5.94. The molecule has 0 aliphatic carbocycles.